The van der Waals surface area contributed by atoms with Crippen molar-refractivity contribution in [1.82, 2.24) is 9.13 Å². The molecule has 8 heteroatoms. The second-order valence-electron chi connectivity index (χ2n) is 23.5. The van der Waals surface area contributed by atoms with Crippen LogP contribution in [0.4, 0.5) is 11.4 Å². The Kier molecular flexibility index (Phi) is 9.60. The summed E-state index contributed by atoms with van der Waals surface area (Å²) >= 11 is 0. The molecule has 0 fully saturated rings. The lowest BCUT2D eigenvalue weighted by Gasteiger charge is -2.19. The van der Waals surface area contributed by atoms with E-state index in [-0.39, 0.29) is 55.3 Å². The van der Waals surface area contributed by atoms with Crippen LogP contribution in [-0.2, 0) is 21.7 Å². The van der Waals surface area contributed by atoms with Crippen LogP contribution in [0.5, 0.6) is 0 Å². The molecular weight excluding hydrogens is 865 g/mol. The molecule has 70 heavy (non-hydrogen) atoms. The van der Waals surface area contributed by atoms with E-state index in [1.807, 2.05) is 12.1 Å². The van der Waals surface area contributed by atoms with Gasteiger partial charge in [0.15, 0.2) is 0 Å². The van der Waals surface area contributed by atoms with Gasteiger partial charge in [-0.3, -0.25) is 19.2 Å². The number of carbonyl (C=O) groups is 4. The number of fused-ring (bicyclic) bond motifs is 8. The lowest BCUT2D eigenvalue weighted by atomic mass is 9.85. The highest BCUT2D eigenvalue weighted by Crippen LogP contribution is 2.42. The summed E-state index contributed by atoms with van der Waals surface area (Å²) in [5.74, 6) is -1.91. The number of anilines is 2. The molecular formula is C62H58N4O4. The van der Waals surface area contributed by atoms with Gasteiger partial charge in [-0.1, -0.05) is 113 Å². The third kappa shape index (κ3) is 6.85. The van der Waals surface area contributed by atoms with E-state index in [4.69, 9.17) is 0 Å². The summed E-state index contributed by atoms with van der Waals surface area (Å²) in [5.41, 5.74) is 11.9. The molecule has 4 heterocycles. The van der Waals surface area contributed by atoms with Gasteiger partial charge in [-0.2, -0.15) is 0 Å². The van der Waals surface area contributed by atoms with Crippen molar-refractivity contribution in [3.05, 3.63) is 178 Å². The van der Waals surface area contributed by atoms with E-state index in [1.165, 1.54) is 22.3 Å². The van der Waals surface area contributed by atoms with Gasteiger partial charge >= 0.3 is 0 Å². The Hall–Kier alpha value is -7.58. The second-order valence-corrected chi connectivity index (χ2v) is 23.5. The molecule has 0 unspecified atom stereocenters. The van der Waals surface area contributed by atoms with Crippen LogP contribution in [0.15, 0.2) is 133 Å². The fourth-order valence-electron chi connectivity index (χ4n) is 10.4. The van der Waals surface area contributed by atoms with Crippen molar-refractivity contribution >= 4 is 78.6 Å². The van der Waals surface area contributed by atoms with Crippen molar-refractivity contribution in [1.29, 1.82) is 0 Å². The van der Waals surface area contributed by atoms with E-state index < -0.39 is 23.6 Å². The average Bonchev–Trinajstić information content (AvgIpc) is 3.97. The Morgan fingerprint density at radius 1 is 0.286 bits per heavy atom. The zero-order valence-corrected chi connectivity index (χ0v) is 42.1. The first kappa shape index (κ1) is 44.9. The molecule has 350 valence electrons. The Morgan fingerprint density at radius 3 is 0.857 bits per heavy atom. The van der Waals surface area contributed by atoms with Crippen molar-refractivity contribution in [2.75, 3.05) is 9.80 Å². The van der Waals surface area contributed by atoms with Crippen LogP contribution >= 0.6 is 0 Å². The van der Waals surface area contributed by atoms with Gasteiger partial charge in [0.2, 0.25) is 0 Å². The number of benzene rings is 7. The number of rotatable bonds is 4. The Labute approximate surface area is 409 Å². The molecule has 0 saturated heterocycles. The molecule has 0 N–H and O–H groups in total. The molecule has 0 spiro atoms. The fourth-order valence-corrected chi connectivity index (χ4v) is 10.4. The van der Waals surface area contributed by atoms with Crippen LogP contribution < -0.4 is 9.80 Å². The van der Waals surface area contributed by atoms with Crippen LogP contribution in [-0.4, -0.2) is 32.8 Å². The van der Waals surface area contributed by atoms with E-state index in [1.54, 1.807) is 48.5 Å². The largest absolute Gasteiger partial charge is 0.309 e. The summed E-state index contributed by atoms with van der Waals surface area (Å²) < 4.78 is 4.34. The molecule has 0 aliphatic carbocycles. The van der Waals surface area contributed by atoms with Gasteiger partial charge in [-0.15, -0.1) is 0 Å². The first-order valence-corrected chi connectivity index (χ1v) is 24.2. The minimum absolute atomic E-state index is 0.0584. The first-order chi connectivity index (χ1) is 32.9. The van der Waals surface area contributed by atoms with Crippen LogP contribution in [0, 0.1) is 0 Å². The summed E-state index contributed by atoms with van der Waals surface area (Å²) in [6.07, 6.45) is 0. The minimum Gasteiger partial charge on any atom is -0.309 e. The summed E-state index contributed by atoms with van der Waals surface area (Å²) in [5, 5.41) is 4.48. The summed E-state index contributed by atoms with van der Waals surface area (Å²) in [7, 11) is 0. The predicted octanol–water partition coefficient (Wildman–Crippen LogP) is 14.7. The van der Waals surface area contributed by atoms with E-state index in [0.29, 0.717) is 0 Å². The van der Waals surface area contributed by atoms with Gasteiger partial charge in [0, 0.05) is 32.9 Å². The monoisotopic (exact) mass is 922 g/mol. The van der Waals surface area contributed by atoms with Crippen molar-refractivity contribution < 1.29 is 19.2 Å². The van der Waals surface area contributed by atoms with Gasteiger partial charge in [0.25, 0.3) is 23.6 Å². The lowest BCUT2D eigenvalue weighted by Crippen LogP contribution is -2.31. The second kappa shape index (κ2) is 15.0. The first-order valence-electron chi connectivity index (χ1n) is 24.2. The summed E-state index contributed by atoms with van der Waals surface area (Å²) in [6, 6.07) is 43.8. The molecule has 0 saturated carbocycles. The average molecular weight is 923 g/mol. The smallest absolute Gasteiger partial charge is 0.266 e. The topological polar surface area (TPSA) is 84.6 Å². The zero-order chi connectivity index (χ0) is 49.7. The summed E-state index contributed by atoms with van der Waals surface area (Å²) in [4.78, 5) is 59.8. The van der Waals surface area contributed by atoms with Gasteiger partial charge in [-0.25, -0.2) is 9.80 Å². The normalized spacial score (nSPS) is 14.6. The van der Waals surface area contributed by atoms with Crippen molar-refractivity contribution in [2.24, 2.45) is 0 Å². The summed E-state index contributed by atoms with van der Waals surface area (Å²) in [6.45, 7) is 26.6. The third-order valence-electron chi connectivity index (χ3n) is 14.6. The number of aromatic nitrogens is 2. The Balaban J connectivity index is 0.941. The van der Waals surface area contributed by atoms with Crippen molar-refractivity contribution in [2.45, 2.75) is 105 Å². The van der Waals surface area contributed by atoms with Gasteiger partial charge in [-0.05, 0) is 147 Å². The fraction of sp³-hybridized carbons (Fsp3) is 0.258. The molecule has 2 aromatic heterocycles. The molecule has 0 radical (unpaired) electrons. The number of amides is 4. The number of imide groups is 2. The van der Waals surface area contributed by atoms with Crippen LogP contribution in [0.2, 0.25) is 0 Å². The quantitative estimate of drug-likeness (QED) is 0.165. The number of hydrogen-bond acceptors (Lipinski definition) is 4. The molecule has 11 rings (SSSR count). The lowest BCUT2D eigenvalue weighted by molar-refractivity contribution is 0.0912. The van der Waals surface area contributed by atoms with E-state index >= 15 is 0 Å². The molecule has 8 nitrogen and oxygen atoms in total. The zero-order valence-electron chi connectivity index (χ0n) is 42.1. The van der Waals surface area contributed by atoms with Crippen molar-refractivity contribution in [3.63, 3.8) is 0 Å². The highest BCUT2D eigenvalue weighted by molar-refractivity contribution is 6.36. The standard InChI is InChI=1S/C62H58N4O4/c1-59(2,3)35-16-24-51-45(28-35)46-29-36(60(4,5)6)17-25-52(46)63(51)41-20-22-43-49(33-41)57(69)65(55(43)67)39-14-13-15-40(32-39)66-56(68)44-23-21-42(34-50(44)58(66)70)64-53-26-18-37(61(7,8)9)30-47(53)48-31-38(62(10,11)12)19-27-54(48)64/h13-34H,1-12H3. The molecule has 0 atom stereocenters. The van der Waals surface area contributed by atoms with Crippen LogP contribution in [0.3, 0.4) is 0 Å². The predicted molar refractivity (Wildman–Crippen MR) is 285 cm³/mol. The molecule has 9 aromatic rings. The van der Waals surface area contributed by atoms with Gasteiger partial charge in [0.1, 0.15) is 0 Å². The third-order valence-corrected chi connectivity index (χ3v) is 14.6. The number of hydrogen-bond donors (Lipinski definition) is 0. The molecule has 2 aliphatic rings. The Bertz CT molecular complexity index is 3410. The van der Waals surface area contributed by atoms with E-state index in [0.717, 1.165) is 64.8 Å². The molecule has 2 aliphatic heterocycles. The van der Waals surface area contributed by atoms with Crippen LogP contribution in [0.1, 0.15) is 147 Å². The van der Waals surface area contributed by atoms with Gasteiger partial charge in [0.05, 0.1) is 55.7 Å². The highest BCUT2D eigenvalue weighted by atomic mass is 16.2. The maximum absolute atomic E-state index is 14.5. The van der Waals surface area contributed by atoms with Gasteiger partial charge < -0.3 is 9.13 Å². The van der Waals surface area contributed by atoms with E-state index in [2.05, 4.69) is 165 Å². The van der Waals surface area contributed by atoms with Crippen LogP contribution in [0.25, 0.3) is 55.0 Å². The number of carbonyl (C=O) groups excluding carboxylic acids is 4. The van der Waals surface area contributed by atoms with E-state index in [9.17, 15) is 19.2 Å². The maximum Gasteiger partial charge on any atom is 0.266 e. The maximum atomic E-state index is 14.5. The molecule has 7 aromatic carbocycles. The SMILES string of the molecule is CC(C)(C)c1ccc2c(c1)c1cc(C(C)(C)C)ccc1n2-c1ccc2c(c1)C(=O)N(c1cccc(N3C(=O)c4ccc(-n5c6ccc(C(C)(C)C)cc6c6cc(C(C)(C)C)ccc65)cc4C3=O)c1)C2=O. The highest BCUT2D eigenvalue weighted by Gasteiger charge is 2.40. The number of nitrogens with zero attached hydrogens (tertiary/aromatic N) is 4. The van der Waals surface area contributed by atoms with Crippen molar-refractivity contribution in [3.8, 4) is 11.4 Å². The molecule has 0 bridgehead atoms. The molecule has 4 amide bonds. The minimum atomic E-state index is -0.479. The Morgan fingerprint density at radius 2 is 0.571 bits per heavy atom.